The first-order chi connectivity index (χ1) is 9.81. The number of nitrogens with two attached hydrogens (primary N) is 1. The number of non-ortho nitro benzene ring substituents is 1. The molecule has 8 nitrogen and oxygen atoms in total. The molecule has 1 rings (SSSR count). The Balaban J connectivity index is 2.62. The zero-order valence-corrected chi connectivity index (χ0v) is 11.9. The second-order valence-electron chi connectivity index (χ2n) is 4.76. The van der Waals surface area contributed by atoms with Gasteiger partial charge in [0.15, 0.2) is 0 Å². The molecule has 8 heteroatoms. The maximum absolute atomic E-state index is 11.9. The Hall–Kier alpha value is -2.64. The van der Waals surface area contributed by atoms with E-state index in [1.165, 1.54) is 12.1 Å². The van der Waals surface area contributed by atoms with Crippen LogP contribution in [0.5, 0.6) is 0 Å². The van der Waals surface area contributed by atoms with Gasteiger partial charge in [0.05, 0.1) is 10.5 Å². The zero-order valence-electron chi connectivity index (χ0n) is 11.9. The maximum Gasteiger partial charge on any atom is 0.270 e. The van der Waals surface area contributed by atoms with Gasteiger partial charge in [-0.1, -0.05) is 0 Å². The average Bonchev–Trinajstić information content (AvgIpc) is 2.37. The van der Waals surface area contributed by atoms with Crippen molar-refractivity contribution in [3.05, 3.63) is 33.9 Å². The van der Waals surface area contributed by atoms with Crippen LogP contribution in [0.15, 0.2) is 18.2 Å². The van der Waals surface area contributed by atoms with Gasteiger partial charge in [0.1, 0.15) is 0 Å². The van der Waals surface area contributed by atoms with E-state index in [-0.39, 0.29) is 41.9 Å². The van der Waals surface area contributed by atoms with Crippen LogP contribution in [0.1, 0.15) is 30.6 Å². The number of hydrogen-bond acceptors (Lipinski definition) is 5. The highest BCUT2D eigenvalue weighted by Crippen LogP contribution is 2.19. The molecule has 0 saturated heterocycles. The van der Waals surface area contributed by atoms with Crippen molar-refractivity contribution in [1.29, 1.82) is 0 Å². The molecule has 0 radical (unpaired) electrons. The molecule has 0 fully saturated rings. The van der Waals surface area contributed by atoms with Crippen LogP contribution >= 0.6 is 0 Å². The third-order valence-corrected chi connectivity index (χ3v) is 2.58. The minimum absolute atomic E-state index is 0.0217. The number of hydrogen-bond donors (Lipinski definition) is 3. The SMILES string of the molecule is CC(C)NC(=O)CCNC(=O)c1cc([N+](=O)[O-])ccc1N. The Bertz CT molecular complexity index is 557. The van der Waals surface area contributed by atoms with Crippen molar-refractivity contribution in [1.82, 2.24) is 10.6 Å². The predicted molar refractivity (Wildman–Crippen MR) is 77.7 cm³/mol. The highest BCUT2D eigenvalue weighted by atomic mass is 16.6. The number of benzene rings is 1. The summed E-state index contributed by atoms with van der Waals surface area (Å²) in [4.78, 5) is 33.4. The fourth-order valence-electron chi connectivity index (χ4n) is 1.63. The Morgan fingerprint density at radius 2 is 2.05 bits per heavy atom. The molecule has 4 N–H and O–H groups in total. The van der Waals surface area contributed by atoms with Crippen LogP contribution in [0.3, 0.4) is 0 Å². The van der Waals surface area contributed by atoms with Gasteiger partial charge in [-0.05, 0) is 19.9 Å². The molecule has 2 amide bonds. The molecule has 0 atom stereocenters. The molecule has 0 heterocycles. The first kappa shape index (κ1) is 16.4. The number of nitrogens with one attached hydrogen (secondary N) is 2. The third-order valence-electron chi connectivity index (χ3n) is 2.58. The number of carbonyl (C=O) groups is 2. The maximum atomic E-state index is 11.9. The molecule has 0 saturated carbocycles. The van der Waals surface area contributed by atoms with Gasteiger partial charge in [0.25, 0.3) is 11.6 Å². The van der Waals surface area contributed by atoms with E-state index in [9.17, 15) is 19.7 Å². The van der Waals surface area contributed by atoms with Gasteiger partial charge in [-0.25, -0.2) is 0 Å². The van der Waals surface area contributed by atoms with Crippen LogP contribution in [0, 0.1) is 10.1 Å². The second kappa shape index (κ2) is 7.22. The fraction of sp³-hybridized carbons (Fsp3) is 0.385. The summed E-state index contributed by atoms with van der Waals surface area (Å²) in [6.07, 6.45) is 0.124. The first-order valence-corrected chi connectivity index (χ1v) is 6.42. The lowest BCUT2D eigenvalue weighted by Crippen LogP contribution is -2.34. The topological polar surface area (TPSA) is 127 Å². The Labute approximate surface area is 121 Å². The number of carbonyl (C=O) groups excluding carboxylic acids is 2. The highest BCUT2D eigenvalue weighted by molar-refractivity contribution is 5.99. The fourth-order valence-corrected chi connectivity index (χ4v) is 1.63. The van der Waals surface area contributed by atoms with E-state index in [0.29, 0.717) is 0 Å². The molecule has 0 aliphatic heterocycles. The lowest BCUT2D eigenvalue weighted by atomic mass is 10.1. The van der Waals surface area contributed by atoms with Gasteiger partial charge in [-0.2, -0.15) is 0 Å². The molecular formula is C13H18N4O4. The van der Waals surface area contributed by atoms with Crippen molar-refractivity contribution in [2.75, 3.05) is 12.3 Å². The van der Waals surface area contributed by atoms with Crippen LogP contribution in [-0.2, 0) is 4.79 Å². The summed E-state index contributed by atoms with van der Waals surface area (Å²) in [5.41, 5.74) is 5.57. The number of nitro benzene ring substituents is 1. The van der Waals surface area contributed by atoms with Gasteiger partial charge in [0.2, 0.25) is 5.91 Å². The van der Waals surface area contributed by atoms with Gasteiger partial charge in [-0.3, -0.25) is 19.7 Å². The van der Waals surface area contributed by atoms with Crippen molar-refractivity contribution in [3.8, 4) is 0 Å². The summed E-state index contributed by atoms with van der Waals surface area (Å²) < 4.78 is 0. The summed E-state index contributed by atoms with van der Waals surface area (Å²) >= 11 is 0. The number of nitrogens with zero attached hydrogens (tertiary/aromatic N) is 1. The molecule has 0 aromatic heterocycles. The summed E-state index contributed by atoms with van der Waals surface area (Å²) in [5, 5.41) is 15.9. The van der Waals surface area contributed by atoms with Gasteiger partial charge in [0, 0.05) is 36.8 Å². The van der Waals surface area contributed by atoms with Crippen LogP contribution in [0.4, 0.5) is 11.4 Å². The van der Waals surface area contributed by atoms with E-state index in [4.69, 9.17) is 5.73 Å². The highest BCUT2D eigenvalue weighted by Gasteiger charge is 2.15. The minimum Gasteiger partial charge on any atom is -0.398 e. The van der Waals surface area contributed by atoms with Crippen LogP contribution in [0.2, 0.25) is 0 Å². The van der Waals surface area contributed by atoms with E-state index < -0.39 is 10.8 Å². The molecule has 0 spiro atoms. The Morgan fingerprint density at radius 1 is 1.38 bits per heavy atom. The average molecular weight is 294 g/mol. The van der Waals surface area contributed by atoms with Gasteiger partial charge in [-0.15, -0.1) is 0 Å². The number of anilines is 1. The predicted octanol–water partition coefficient (Wildman–Crippen LogP) is 0.821. The molecule has 0 aliphatic carbocycles. The van der Waals surface area contributed by atoms with E-state index in [1.807, 2.05) is 13.8 Å². The lowest BCUT2D eigenvalue weighted by Gasteiger charge is -2.09. The van der Waals surface area contributed by atoms with Gasteiger partial charge < -0.3 is 16.4 Å². The largest absolute Gasteiger partial charge is 0.398 e. The molecule has 0 aliphatic rings. The Kier molecular flexibility index (Phi) is 5.65. The zero-order chi connectivity index (χ0) is 16.0. The van der Waals surface area contributed by atoms with Crippen molar-refractivity contribution < 1.29 is 14.5 Å². The van der Waals surface area contributed by atoms with E-state index in [1.54, 1.807) is 0 Å². The van der Waals surface area contributed by atoms with Crippen molar-refractivity contribution in [2.45, 2.75) is 26.3 Å². The van der Waals surface area contributed by atoms with Gasteiger partial charge >= 0.3 is 0 Å². The lowest BCUT2D eigenvalue weighted by molar-refractivity contribution is -0.384. The summed E-state index contributed by atoms with van der Waals surface area (Å²) in [6.45, 7) is 3.79. The number of nitro groups is 1. The monoisotopic (exact) mass is 294 g/mol. The van der Waals surface area contributed by atoms with Crippen LogP contribution in [-0.4, -0.2) is 29.3 Å². The quantitative estimate of drug-likeness (QED) is 0.406. The molecule has 1 aromatic rings. The number of nitrogen functional groups attached to an aromatic ring is 1. The molecular weight excluding hydrogens is 276 g/mol. The molecule has 0 unspecified atom stereocenters. The van der Waals surface area contributed by atoms with Crippen molar-refractivity contribution >= 4 is 23.2 Å². The van der Waals surface area contributed by atoms with Crippen molar-refractivity contribution in [2.24, 2.45) is 0 Å². The van der Waals surface area contributed by atoms with E-state index in [0.717, 1.165) is 6.07 Å². The molecule has 21 heavy (non-hydrogen) atoms. The van der Waals surface area contributed by atoms with Crippen LogP contribution in [0.25, 0.3) is 0 Å². The standard InChI is InChI=1S/C13H18N4O4/c1-8(2)16-12(18)5-6-15-13(19)10-7-9(17(20)21)3-4-11(10)14/h3-4,7-8H,5-6,14H2,1-2H3,(H,15,19)(H,16,18). The number of rotatable bonds is 6. The van der Waals surface area contributed by atoms with E-state index >= 15 is 0 Å². The summed E-state index contributed by atoms with van der Waals surface area (Å²) in [6, 6.07) is 3.67. The molecule has 1 aromatic carbocycles. The van der Waals surface area contributed by atoms with Crippen molar-refractivity contribution in [3.63, 3.8) is 0 Å². The summed E-state index contributed by atoms with van der Waals surface area (Å²) in [7, 11) is 0. The Morgan fingerprint density at radius 3 is 2.62 bits per heavy atom. The molecule has 0 bridgehead atoms. The smallest absolute Gasteiger partial charge is 0.270 e. The molecule has 114 valence electrons. The minimum atomic E-state index is -0.605. The van der Waals surface area contributed by atoms with E-state index in [2.05, 4.69) is 10.6 Å². The number of amides is 2. The third kappa shape index (κ3) is 5.09. The summed E-state index contributed by atoms with van der Waals surface area (Å²) in [5.74, 6) is -0.731. The second-order valence-corrected chi connectivity index (χ2v) is 4.76. The van der Waals surface area contributed by atoms with Crippen LogP contribution < -0.4 is 16.4 Å². The first-order valence-electron chi connectivity index (χ1n) is 6.42. The normalized spacial score (nSPS) is 10.2.